The summed E-state index contributed by atoms with van der Waals surface area (Å²) < 4.78 is 0. The molecule has 2 rings (SSSR count). The Balaban J connectivity index is 1.67. The number of para-hydroxylation sites is 1. The van der Waals surface area contributed by atoms with Gasteiger partial charge < -0.3 is 5.32 Å². The third-order valence-corrected chi connectivity index (χ3v) is 2.88. The normalized spacial score (nSPS) is 16.6. The Morgan fingerprint density at radius 3 is 2.54 bits per heavy atom. The van der Waals surface area contributed by atoms with Crippen molar-refractivity contribution in [3.63, 3.8) is 0 Å². The van der Waals surface area contributed by atoms with Gasteiger partial charge in [0.2, 0.25) is 0 Å². The van der Waals surface area contributed by atoms with E-state index in [1.165, 1.54) is 31.4 Å². The highest BCUT2D eigenvalue weighted by atomic mass is 14.9. The van der Waals surface area contributed by atoms with Crippen LogP contribution < -0.4 is 5.32 Å². The molecule has 0 aliphatic heterocycles. The van der Waals surface area contributed by atoms with E-state index in [2.05, 4.69) is 35.6 Å². The second-order valence-corrected chi connectivity index (χ2v) is 3.88. The Labute approximate surface area is 80.2 Å². The molecule has 0 radical (unpaired) electrons. The Morgan fingerprint density at radius 1 is 1.15 bits per heavy atom. The zero-order valence-electron chi connectivity index (χ0n) is 8.00. The van der Waals surface area contributed by atoms with Gasteiger partial charge in [-0.05, 0) is 24.5 Å². The molecule has 1 N–H and O–H groups in total. The number of hydrogen-bond acceptors (Lipinski definition) is 1. The number of rotatable bonds is 4. The summed E-state index contributed by atoms with van der Waals surface area (Å²) in [5, 5.41) is 3.44. The third-order valence-electron chi connectivity index (χ3n) is 2.88. The van der Waals surface area contributed by atoms with Crippen LogP contribution >= 0.6 is 0 Å². The summed E-state index contributed by atoms with van der Waals surface area (Å²) in [5.41, 5.74) is 1.25. The molecular weight excluding hydrogens is 158 g/mol. The van der Waals surface area contributed by atoms with Crippen LogP contribution in [0.25, 0.3) is 0 Å². The van der Waals surface area contributed by atoms with Crippen LogP contribution in [-0.2, 0) is 0 Å². The van der Waals surface area contributed by atoms with Crippen molar-refractivity contribution in [3.8, 4) is 0 Å². The molecule has 1 aromatic carbocycles. The first kappa shape index (κ1) is 8.61. The first-order valence-electron chi connectivity index (χ1n) is 5.24. The van der Waals surface area contributed by atoms with Crippen LogP contribution in [0.2, 0.25) is 0 Å². The number of hydrogen-bond donors (Lipinski definition) is 1. The molecular formula is C12H17N. The fourth-order valence-corrected chi connectivity index (χ4v) is 1.76. The first-order valence-corrected chi connectivity index (χ1v) is 5.24. The summed E-state index contributed by atoms with van der Waals surface area (Å²) in [6, 6.07) is 10.5. The van der Waals surface area contributed by atoms with E-state index in [9.17, 15) is 0 Å². The SMILES string of the molecule is c1ccc(NCCC2CCC2)cc1. The highest BCUT2D eigenvalue weighted by molar-refractivity contribution is 5.42. The van der Waals surface area contributed by atoms with Crippen molar-refractivity contribution in [2.45, 2.75) is 25.7 Å². The van der Waals surface area contributed by atoms with Crippen LogP contribution in [0.4, 0.5) is 5.69 Å². The Morgan fingerprint density at radius 2 is 1.92 bits per heavy atom. The van der Waals surface area contributed by atoms with E-state index >= 15 is 0 Å². The highest BCUT2D eigenvalue weighted by Crippen LogP contribution is 2.29. The lowest BCUT2D eigenvalue weighted by Gasteiger charge is -2.25. The van der Waals surface area contributed by atoms with E-state index in [1.54, 1.807) is 0 Å². The van der Waals surface area contributed by atoms with E-state index in [1.807, 2.05) is 0 Å². The molecule has 0 heterocycles. The van der Waals surface area contributed by atoms with Crippen LogP contribution in [0.15, 0.2) is 30.3 Å². The molecule has 0 spiro atoms. The maximum absolute atomic E-state index is 3.44. The predicted molar refractivity (Wildman–Crippen MR) is 56.9 cm³/mol. The van der Waals surface area contributed by atoms with Crippen molar-refractivity contribution >= 4 is 5.69 Å². The predicted octanol–water partition coefficient (Wildman–Crippen LogP) is 3.29. The molecule has 0 unspecified atom stereocenters. The fraction of sp³-hybridized carbons (Fsp3) is 0.500. The summed E-state index contributed by atoms with van der Waals surface area (Å²) in [7, 11) is 0. The van der Waals surface area contributed by atoms with Gasteiger partial charge in [-0.2, -0.15) is 0 Å². The standard InChI is InChI=1S/C12H17N/c1-2-7-12(8-3-1)13-10-9-11-5-4-6-11/h1-3,7-8,11,13H,4-6,9-10H2. The van der Waals surface area contributed by atoms with Crippen molar-refractivity contribution in [3.05, 3.63) is 30.3 Å². The van der Waals surface area contributed by atoms with Gasteiger partial charge in [0.05, 0.1) is 0 Å². The minimum absolute atomic E-state index is 1.01. The van der Waals surface area contributed by atoms with E-state index in [0.29, 0.717) is 0 Å². The summed E-state index contributed by atoms with van der Waals surface area (Å²) in [5.74, 6) is 1.01. The van der Waals surface area contributed by atoms with Gasteiger partial charge in [-0.15, -0.1) is 0 Å². The average molecular weight is 175 g/mol. The molecule has 70 valence electrons. The van der Waals surface area contributed by atoms with Crippen molar-refractivity contribution in [1.29, 1.82) is 0 Å². The van der Waals surface area contributed by atoms with Gasteiger partial charge >= 0.3 is 0 Å². The first-order chi connectivity index (χ1) is 6.45. The second-order valence-electron chi connectivity index (χ2n) is 3.88. The van der Waals surface area contributed by atoms with Gasteiger partial charge in [-0.1, -0.05) is 37.5 Å². The molecule has 1 aliphatic rings. The molecule has 1 heteroatoms. The van der Waals surface area contributed by atoms with Gasteiger partial charge in [0.1, 0.15) is 0 Å². The third kappa shape index (κ3) is 2.48. The van der Waals surface area contributed by atoms with Gasteiger partial charge in [0, 0.05) is 12.2 Å². The maximum atomic E-state index is 3.44. The van der Waals surface area contributed by atoms with Crippen LogP contribution in [0.5, 0.6) is 0 Å². The lowest BCUT2D eigenvalue weighted by atomic mass is 9.83. The molecule has 0 bridgehead atoms. The monoisotopic (exact) mass is 175 g/mol. The summed E-state index contributed by atoms with van der Waals surface area (Å²) in [6.45, 7) is 1.13. The van der Waals surface area contributed by atoms with Gasteiger partial charge in [0.15, 0.2) is 0 Å². The largest absolute Gasteiger partial charge is 0.385 e. The molecule has 1 fully saturated rings. The molecule has 13 heavy (non-hydrogen) atoms. The van der Waals surface area contributed by atoms with E-state index in [4.69, 9.17) is 0 Å². The summed E-state index contributed by atoms with van der Waals surface area (Å²) in [6.07, 6.45) is 5.71. The highest BCUT2D eigenvalue weighted by Gasteiger charge is 2.16. The van der Waals surface area contributed by atoms with Crippen molar-refractivity contribution in [1.82, 2.24) is 0 Å². The number of nitrogens with one attached hydrogen (secondary N) is 1. The van der Waals surface area contributed by atoms with Gasteiger partial charge in [-0.3, -0.25) is 0 Å². The van der Waals surface area contributed by atoms with E-state index < -0.39 is 0 Å². The molecule has 1 saturated carbocycles. The minimum atomic E-state index is 1.01. The second kappa shape index (κ2) is 4.31. The van der Waals surface area contributed by atoms with Gasteiger partial charge in [0.25, 0.3) is 0 Å². The molecule has 1 aliphatic carbocycles. The zero-order valence-corrected chi connectivity index (χ0v) is 8.00. The number of benzene rings is 1. The fourth-order valence-electron chi connectivity index (χ4n) is 1.76. The Hall–Kier alpha value is -0.980. The molecule has 0 amide bonds. The molecule has 0 saturated heterocycles. The molecule has 1 nitrogen and oxygen atoms in total. The minimum Gasteiger partial charge on any atom is -0.385 e. The Kier molecular flexibility index (Phi) is 2.86. The summed E-state index contributed by atoms with van der Waals surface area (Å²) in [4.78, 5) is 0. The lowest BCUT2D eigenvalue weighted by molar-refractivity contribution is 0.303. The maximum Gasteiger partial charge on any atom is 0.0340 e. The average Bonchev–Trinajstić information content (AvgIpc) is 2.11. The topological polar surface area (TPSA) is 12.0 Å². The quantitative estimate of drug-likeness (QED) is 0.740. The lowest BCUT2D eigenvalue weighted by Crippen LogP contribution is -2.15. The van der Waals surface area contributed by atoms with Crippen LogP contribution in [0, 0.1) is 5.92 Å². The van der Waals surface area contributed by atoms with Crippen LogP contribution in [0.3, 0.4) is 0 Å². The van der Waals surface area contributed by atoms with Crippen molar-refractivity contribution in [2.75, 3.05) is 11.9 Å². The van der Waals surface area contributed by atoms with Crippen LogP contribution in [0.1, 0.15) is 25.7 Å². The Bertz CT molecular complexity index is 239. The number of anilines is 1. The van der Waals surface area contributed by atoms with Crippen LogP contribution in [-0.4, -0.2) is 6.54 Å². The summed E-state index contributed by atoms with van der Waals surface area (Å²) >= 11 is 0. The van der Waals surface area contributed by atoms with E-state index in [-0.39, 0.29) is 0 Å². The van der Waals surface area contributed by atoms with Crippen molar-refractivity contribution < 1.29 is 0 Å². The van der Waals surface area contributed by atoms with E-state index in [0.717, 1.165) is 12.5 Å². The van der Waals surface area contributed by atoms with Crippen molar-refractivity contribution in [2.24, 2.45) is 5.92 Å². The molecule has 1 aromatic rings. The zero-order chi connectivity index (χ0) is 8.93. The smallest absolute Gasteiger partial charge is 0.0340 e. The molecule has 0 atom stereocenters. The molecule has 0 aromatic heterocycles. The van der Waals surface area contributed by atoms with Gasteiger partial charge in [-0.25, -0.2) is 0 Å².